The van der Waals surface area contributed by atoms with Crippen LogP contribution in [-0.4, -0.2) is 73.1 Å². The number of pyridine rings is 1. The number of rotatable bonds is 8. The van der Waals surface area contributed by atoms with Crippen LogP contribution in [0, 0.1) is 12.7 Å². The number of thiazole rings is 1. The summed E-state index contributed by atoms with van der Waals surface area (Å²) in [7, 11) is 0. The Morgan fingerprint density at radius 2 is 1.72 bits per heavy atom. The molecule has 2 aromatic carbocycles. The highest BCUT2D eigenvalue weighted by Gasteiger charge is 2.28. The van der Waals surface area contributed by atoms with Crippen molar-refractivity contribution in [3.8, 4) is 16.8 Å². The van der Waals surface area contributed by atoms with Gasteiger partial charge in [0.1, 0.15) is 11.5 Å². The number of aromatic nitrogens is 4. The Bertz CT molecular complexity index is 2130. The number of nitrogens with zero attached hydrogens (tertiary/aromatic N) is 6. The number of fused-ring (bicyclic) bond motifs is 1. The highest BCUT2D eigenvalue weighted by atomic mass is 32.1. The maximum absolute atomic E-state index is 14.5. The second kappa shape index (κ2) is 14.4. The van der Waals surface area contributed by atoms with E-state index in [2.05, 4.69) is 63.2 Å². The fourth-order valence-corrected chi connectivity index (χ4v) is 7.86. The fraction of sp³-hybridized carbons (Fsp3) is 0.395. The third kappa shape index (κ3) is 7.05. The topological polar surface area (TPSA) is 105 Å². The van der Waals surface area contributed by atoms with Crippen molar-refractivity contribution >= 4 is 28.3 Å². The molecule has 1 amide bonds. The lowest BCUT2D eigenvalue weighted by Crippen LogP contribution is -2.48. The van der Waals surface area contributed by atoms with Crippen LogP contribution >= 0.6 is 11.3 Å². The van der Waals surface area contributed by atoms with Gasteiger partial charge in [0, 0.05) is 56.2 Å². The lowest BCUT2D eigenvalue weighted by atomic mass is 9.90. The van der Waals surface area contributed by atoms with Gasteiger partial charge in [-0.3, -0.25) is 24.0 Å². The van der Waals surface area contributed by atoms with E-state index >= 15 is 0 Å². The van der Waals surface area contributed by atoms with Crippen molar-refractivity contribution in [2.75, 3.05) is 26.2 Å². The Kier molecular flexibility index (Phi) is 9.76. The van der Waals surface area contributed by atoms with Crippen LogP contribution in [0.5, 0.6) is 0 Å². The van der Waals surface area contributed by atoms with Crippen molar-refractivity contribution in [2.45, 2.75) is 71.1 Å². The normalized spacial score (nSPS) is 18.9. The summed E-state index contributed by atoms with van der Waals surface area (Å²) in [5, 5.41) is 5.65. The summed E-state index contributed by atoms with van der Waals surface area (Å²) in [5.74, 6) is -0.870. The molecule has 50 heavy (non-hydrogen) atoms. The molecule has 1 N–H and O–H groups in total. The molecular weight excluding hydrogens is 654 g/mol. The van der Waals surface area contributed by atoms with Gasteiger partial charge in [0.05, 0.1) is 22.3 Å². The lowest BCUT2D eigenvalue weighted by molar-refractivity contribution is 0.0917. The largest absolute Gasteiger partial charge is 0.348 e. The van der Waals surface area contributed by atoms with Crippen molar-refractivity contribution in [2.24, 2.45) is 0 Å². The van der Waals surface area contributed by atoms with E-state index in [4.69, 9.17) is 0 Å². The van der Waals surface area contributed by atoms with E-state index in [9.17, 15) is 18.8 Å². The number of nitrogens with one attached hydrogen (secondary N) is 1. The maximum atomic E-state index is 14.5. The van der Waals surface area contributed by atoms with Crippen molar-refractivity contribution < 1.29 is 9.18 Å². The first-order valence-electron chi connectivity index (χ1n) is 17.4. The Morgan fingerprint density at radius 1 is 0.980 bits per heavy atom. The van der Waals surface area contributed by atoms with E-state index in [1.165, 1.54) is 26.0 Å². The predicted octanol–water partition coefficient (Wildman–Crippen LogP) is 5.56. The van der Waals surface area contributed by atoms with Gasteiger partial charge < -0.3 is 5.32 Å². The van der Waals surface area contributed by atoms with Gasteiger partial charge in [-0.2, -0.15) is 0 Å². The minimum atomic E-state index is -0.648. The molecule has 1 aliphatic heterocycles. The van der Waals surface area contributed by atoms with Crippen LogP contribution in [0.2, 0.25) is 0 Å². The number of halogens is 1. The van der Waals surface area contributed by atoms with Crippen LogP contribution < -0.4 is 16.6 Å². The summed E-state index contributed by atoms with van der Waals surface area (Å²) in [6, 6.07) is 17.3. The molecule has 3 aromatic heterocycles. The minimum absolute atomic E-state index is 0.0444. The molecular formula is C38H42FN7O3S. The SMILES string of the molecule is Cc1nc(C(=O)NC2CCC(n3c(=O)c4cc(F)cnc4n(-c4cccc(-c5ccc(CN6CCN(C(C)C)CC6)cc5)c4)c3=O)CC2)cs1. The number of hydrogen-bond acceptors (Lipinski definition) is 8. The third-order valence-electron chi connectivity index (χ3n) is 10.1. The molecule has 1 saturated carbocycles. The number of hydrogen-bond donors (Lipinski definition) is 1. The first-order valence-corrected chi connectivity index (χ1v) is 18.2. The molecule has 1 aliphatic carbocycles. The lowest BCUT2D eigenvalue weighted by Gasteiger charge is -2.36. The van der Waals surface area contributed by atoms with Gasteiger partial charge in [0.15, 0.2) is 5.65 Å². The molecule has 0 radical (unpaired) electrons. The van der Waals surface area contributed by atoms with E-state index in [1.54, 1.807) is 5.38 Å². The van der Waals surface area contributed by atoms with Gasteiger partial charge in [-0.1, -0.05) is 36.4 Å². The predicted molar refractivity (Wildman–Crippen MR) is 195 cm³/mol. The van der Waals surface area contributed by atoms with E-state index in [-0.39, 0.29) is 23.0 Å². The van der Waals surface area contributed by atoms with Crippen LogP contribution in [0.1, 0.15) is 66.6 Å². The van der Waals surface area contributed by atoms with Crippen molar-refractivity contribution in [1.29, 1.82) is 0 Å². The van der Waals surface area contributed by atoms with Gasteiger partial charge in [-0.25, -0.2) is 23.7 Å². The number of piperazine rings is 1. The Labute approximate surface area is 294 Å². The van der Waals surface area contributed by atoms with E-state index < -0.39 is 23.1 Å². The molecule has 10 nitrogen and oxygen atoms in total. The molecule has 1 saturated heterocycles. The molecule has 0 unspecified atom stereocenters. The maximum Gasteiger partial charge on any atom is 0.337 e. The number of amides is 1. The molecule has 2 fully saturated rings. The smallest absolute Gasteiger partial charge is 0.337 e. The zero-order valence-corrected chi connectivity index (χ0v) is 29.5. The standard InChI is InChI=1S/C38H42FN7O3S/c1-24(2)44-17-15-43(16-18-44)22-26-7-9-27(10-8-26)28-5-4-6-32(19-28)45-35-33(20-29(39)21-40-35)37(48)46(38(45)49)31-13-11-30(12-14-31)42-36(47)34-23-50-25(3)41-34/h4-10,19-21,23-24,30-31H,11-18,22H2,1-3H3,(H,42,47). The summed E-state index contributed by atoms with van der Waals surface area (Å²) >= 11 is 1.42. The summed E-state index contributed by atoms with van der Waals surface area (Å²) in [4.78, 5) is 54.3. The van der Waals surface area contributed by atoms with Gasteiger partial charge in [0.2, 0.25) is 0 Å². The number of carbonyl (C=O) groups is 1. The molecule has 7 rings (SSSR count). The highest BCUT2D eigenvalue weighted by Crippen LogP contribution is 2.29. The van der Waals surface area contributed by atoms with Crippen molar-refractivity contribution in [3.05, 3.63) is 109 Å². The molecule has 0 spiro atoms. The number of carbonyl (C=O) groups excluding carboxylic acids is 1. The molecule has 5 aromatic rings. The quantitative estimate of drug-likeness (QED) is 0.227. The molecule has 260 valence electrons. The third-order valence-corrected chi connectivity index (χ3v) is 10.8. The van der Waals surface area contributed by atoms with Gasteiger partial charge >= 0.3 is 5.69 Å². The zero-order chi connectivity index (χ0) is 34.9. The summed E-state index contributed by atoms with van der Waals surface area (Å²) in [5.41, 5.74) is 3.12. The van der Waals surface area contributed by atoms with Gasteiger partial charge in [-0.15, -0.1) is 11.3 Å². The zero-order valence-electron chi connectivity index (χ0n) is 28.6. The first-order chi connectivity index (χ1) is 24.1. The van der Waals surface area contributed by atoms with Gasteiger partial charge in [0.25, 0.3) is 11.5 Å². The molecule has 4 heterocycles. The monoisotopic (exact) mass is 695 g/mol. The average Bonchev–Trinajstić information content (AvgIpc) is 3.56. The molecule has 12 heteroatoms. The van der Waals surface area contributed by atoms with Crippen LogP contribution in [0.15, 0.2) is 75.8 Å². The summed E-state index contributed by atoms with van der Waals surface area (Å²) in [6.45, 7) is 11.5. The molecule has 0 atom stereocenters. The number of benzene rings is 2. The van der Waals surface area contributed by atoms with Gasteiger partial charge in [-0.05, 0) is 81.3 Å². The second-order valence-electron chi connectivity index (χ2n) is 13.7. The van der Waals surface area contributed by atoms with E-state index in [1.807, 2.05) is 31.2 Å². The van der Waals surface area contributed by atoms with Crippen LogP contribution in [-0.2, 0) is 6.54 Å². The van der Waals surface area contributed by atoms with Crippen molar-refractivity contribution in [1.82, 2.24) is 34.2 Å². The Morgan fingerprint density at radius 3 is 2.40 bits per heavy atom. The Hall–Kier alpha value is -4.52. The van der Waals surface area contributed by atoms with E-state index in [0.717, 1.165) is 61.1 Å². The summed E-state index contributed by atoms with van der Waals surface area (Å²) in [6.07, 6.45) is 3.22. The first kappa shape index (κ1) is 34.0. The van der Waals surface area contributed by atoms with Crippen LogP contribution in [0.3, 0.4) is 0 Å². The summed E-state index contributed by atoms with van der Waals surface area (Å²) < 4.78 is 17.2. The average molecular weight is 696 g/mol. The minimum Gasteiger partial charge on any atom is -0.348 e. The van der Waals surface area contributed by atoms with Crippen LogP contribution in [0.25, 0.3) is 27.8 Å². The molecule has 0 bridgehead atoms. The Balaban J connectivity index is 1.14. The van der Waals surface area contributed by atoms with E-state index in [0.29, 0.717) is 43.1 Å². The van der Waals surface area contributed by atoms with Crippen molar-refractivity contribution in [3.63, 3.8) is 0 Å². The highest BCUT2D eigenvalue weighted by molar-refractivity contribution is 7.09. The number of aryl methyl sites for hydroxylation is 1. The molecule has 2 aliphatic rings. The van der Waals surface area contributed by atoms with Crippen LogP contribution in [0.4, 0.5) is 4.39 Å². The fourth-order valence-electron chi connectivity index (χ4n) is 7.27. The second-order valence-corrected chi connectivity index (χ2v) is 14.8.